The van der Waals surface area contributed by atoms with Gasteiger partial charge in [-0.2, -0.15) is 5.10 Å². The van der Waals surface area contributed by atoms with Crippen molar-refractivity contribution in [1.29, 1.82) is 0 Å². The van der Waals surface area contributed by atoms with E-state index in [2.05, 4.69) is 0 Å². The molecule has 0 unspecified atom stereocenters. The molecule has 0 saturated carbocycles. The molecule has 0 radical (unpaired) electrons. The Morgan fingerprint density at radius 1 is 1.19 bits per heavy atom. The van der Waals surface area contributed by atoms with E-state index in [1.165, 1.54) is 0 Å². The summed E-state index contributed by atoms with van der Waals surface area (Å²) >= 11 is 0. The largest absolute Gasteiger partial charge is 0.466 e. The molecule has 136 valence electrons. The Bertz CT molecular complexity index is 933. The topological polar surface area (TPSA) is 65.7 Å². The Hall–Kier alpha value is -2.73. The minimum absolute atomic E-state index is 0.189. The molecule has 0 aliphatic carbocycles. The minimum Gasteiger partial charge on any atom is -0.466 e. The molecule has 2 aromatic heterocycles. The Morgan fingerprint density at radius 3 is 2.58 bits per heavy atom. The normalized spacial score (nSPS) is 11.1. The smallest absolute Gasteiger partial charge is 0.310 e. The molecule has 0 amide bonds. The molecule has 0 aliphatic rings. The Labute approximate surface area is 152 Å². The summed E-state index contributed by atoms with van der Waals surface area (Å²) in [6, 6.07) is 10.0. The molecule has 3 aromatic rings. The highest BCUT2D eigenvalue weighted by molar-refractivity contribution is 5.81. The highest BCUT2D eigenvalue weighted by Crippen LogP contribution is 2.30. The first kappa shape index (κ1) is 18.1. The van der Waals surface area contributed by atoms with Gasteiger partial charge in [0.25, 0.3) is 0 Å². The standard InChI is InChI=1S/C20H23N3O3/c1-5-26-18(24)11-16-13(2)21-20-19(15-9-7-6-8-10-15)17(12-25-4)22-23(20)14(16)3/h6-10H,5,11-12H2,1-4H3. The first-order chi connectivity index (χ1) is 12.6. The van der Waals surface area contributed by atoms with E-state index in [9.17, 15) is 4.79 Å². The second kappa shape index (κ2) is 7.66. The van der Waals surface area contributed by atoms with Crippen LogP contribution in [0.25, 0.3) is 16.8 Å². The number of esters is 1. The maximum atomic E-state index is 11.9. The summed E-state index contributed by atoms with van der Waals surface area (Å²) in [5, 5.41) is 4.71. The van der Waals surface area contributed by atoms with Crippen LogP contribution < -0.4 is 0 Å². The van der Waals surface area contributed by atoms with Crippen molar-refractivity contribution in [3.8, 4) is 11.1 Å². The fourth-order valence-electron chi connectivity index (χ4n) is 3.16. The van der Waals surface area contributed by atoms with Crippen molar-refractivity contribution in [2.24, 2.45) is 0 Å². The number of aryl methyl sites for hydroxylation is 2. The molecule has 1 aromatic carbocycles. The fraction of sp³-hybridized carbons (Fsp3) is 0.350. The van der Waals surface area contributed by atoms with Gasteiger partial charge in [0.2, 0.25) is 0 Å². The van der Waals surface area contributed by atoms with Crippen LogP contribution in [0.2, 0.25) is 0 Å². The average molecular weight is 353 g/mol. The maximum absolute atomic E-state index is 11.9. The van der Waals surface area contributed by atoms with Crippen LogP contribution in [0.1, 0.15) is 29.6 Å². The number of ether oxygens (including phenoxy) is 2. The van der Waals surface area contributed by atoms with Gasteiger partial charge in [-0.3, -0.25) is 4.79 Å². The zero-order valence-electron chi connectivity index (χ0n) is 15.6. The number of nitrogens with zero attached hydrogens (tertiary/aromatic N) is 3. The van der Waals surface area contributed by atoms with Gasteiger partial charge in [-0.15, -0.1) is 0 Å². The monoisotopic (exact) mass is 353 g/mol. The van der Waals surface area contributed by atoms with Crippen LogP contribution in [-0.2, 0) is 27.3 Å². The highest BCUT2D eigenvalue weighted by atomic mass is 16.5. The van der Waals surface area contributed by atoms with Crippen molar-refractivity contribution in [1.82, 2.24) is 14.6 Å². The van der Waals surface area contributed by atoms with Gasteiger partial charge in [-0.25, -0.2) is 9.50 Å². The van der Waals surface area contributed by atoms with Gasteiger partial charge in [0.1, 0.15) is 0 Å². The van der Waals surface area contributed by atoms with Crippen molar-refractivity contribution in [3.05, 3.63) is 53.0 Å². The zero-order valence-corrected chi connectivity index (χ0v) is 15.6. The van der Waals surface area contributed by atoms with Crippen molar-refractivity contribution >= 4 is 11.6 Å². The molecule has 0 N–H and O–H groups in total. The predicted octanol–water partition coefficient (Wildman–Crippen LogP) is 3.27. The van der Waals surface area contributed by atoms with Crippen molar-refractivity contribution < 1.29 is 14.3 Å². The predicted molar refractivity (Wildman–Crippen MR) is 98.9 cm³/mol. The van der Waals surface area contributed by atoms with Crippen LogP contribution in [-0.4, -0.2) is 34.3 Å². The number of aromatic nitrogens is 3. The lowest BCUT2D eigenvalue weighted by molar-refractivity contribution is -0.142. The van der Waals surface area contributed by atoms with Crippen molar-refractivity contribution in [2.45, 2.75) is 33.8 Å². The van der Waals surface area contributed by atoms with Gasteiger partial charge in [0, 0.05) is 24.1 Å². The third-order valence-corrected chi connectivity index (χ3v) is 4.37. The number of hydrogen-bond donors (Lipinski definition) is 0. The zero-order chi connectivity index (χ0) is 18.7. The molecule has 26 heavy (non-hydrogen) atoms. The van der Waals surface area contributed by atoms with Crippen LogP contribution in [0.4, 0.5) is 0 Å². The van der Waals surface area contributed by atoms with Crippen molar-refractivity contribution in [3.63, 3.8) is 0 Å². The van der Waals surface area contributed by atoms with Gasteiger partial charge < -0.3 is 9.47 Å². The van der Waals surface area contributed by atoms with Crippen LogP contribution in [0.5, 0.6) is 0 Å². The lowest BCUT2D eigenvalue weighted by Gasteiger charge is -2.11. The van der Waals surface area contributed by atoms with E-state index in [4.69, 9.17) is 19.6 Å². The third kappa shape index (κ3) is 3.32. The third-order valence-electron chi connectivity index (χ3n) is 4.37. The average Bonchev–Trinajstić information content (AvgIpc) is 2.98. The van der Waals surface area contributed by atoms with Gasteiger partial charge in [-0.1, -0.05) is 30.3 Å². The van der Waals surface area contributed by atoms with Crippen molar-refractivity contribution in [2.75, 3.05) is 13.7 Å². The number of carbonyl (C=O) groups excluding carboxylic acids is 1. The van der Waals surface area contributed by atoms with Gasteiger partial charge in [0.05, 0.1) is 30.9 Å². The second-order valence-electron chi connectivity index (χ2n) is 6.10. The Kier molecular flexibility index (Phi) is 5.32. The first-order valence-electron chi connectivity index (χ1n) is 8.64. The molecule has 0 atom stereocenters. The lowest BCUT2D eigenvalue weighted by atomic mass is 10.1. The summed E-state index contributed by atoms with van der Waals surface area (Å²) in [4.78, 5) is 16.7. The molecule has 0 aliphatic heterocycles. The van der Waals surface area contributed by atoms with E-state index in [0.29, 0.717) is 13.2 Å². The molecule has 0 saturated heterocycles. The van der Waals surface area contributed by atoms with Gasteiger partial charge in [-0.05, 0) is 26.3 Å². The summed E-state index contributed by atoms with van der Waals surface area (Å²) in [5.74, 6) is -0.257. The highest BCUT2D eigenvalue weighted by Gasteiger charge is 2.21. The summed E-state index contributed by atoms with van der Waals surface area (Å²) in [6.07, 6.45) is 0.189. The summed E-state index contributed by atoms with van der Waals surface area (Å²) in [6.45, 7) is 6.42. The number of benzene rings is 1. The second-order valence-corrected chi connectivity index (χ2v) is 6.10. The molecule has 0 spiro atoms. The van der Waals surface area contributed by atoms with E-state index >= 15 is 0 Å². The van der Waals surface area contributed by atoms with E-state index in [0.717, 1.165) is 39.4 Å². The van der Waals surface area contributed by atoms with E-state index in [1.54, 1.807) is 18.5 Å². The molecule has 6 heteroatoms. The summed E-state index contributed by atoms with van der Waals surface area (Å²) < 4.78 is 12.2. The first-order valence-corrected chi connectivity index (χ1v) is 8.64. The van der Waals surface area contributed by atoms with Crippen LogP contribution in [0.3, 0.4) is 0 Å². The number of methoxy groups -OCH3 is 1. The Morgan fingerprint density at radius 2 is 1.92 bits per heavy atom. The lowest BCUT2D eigenvalue weighted by Crippen LogP contribution is -2.13. The van der Waals surface area contributed by atoms with Gasteiger partial charge in [0.15, 0.2) is 5.65 Å². The number of fused-ring (bicyclic) bond motifs is 1. The minimum atomic E-state index is -0.257. The Balaban J connectivity index is 2.20. The SMILES string of the molecule is CCOC(=O)Cc1c(C)nc2c(-c3ccccc3)c(COC)nn2c1C. The molecular formula is C20H23N3O3. The molecule has 3 rings (SSSR count). The molecule has 0 bridgehead atoms. The molecule has 0 fully saturated rings. The van der Waals surface area contributed by atoms with E-state index in [1.807, 2.05) is 44.2 Å². The van der Waals surface area contributed by atoms with Crippen LogP contribution in [0, 0.1) is 13.8 Å². The van der Waals surface area contributed by atoms with Crippen LogP contribution in [0.15, 0.2) is 30.3 Å². The molecule has 2 heterocycles. The van der Waals surface area contributed by atoms with E-state index in [-0.39, 0.29) is 12.4 Å². The molecular weight excluding hydrogens is 330 g/mol. The van der Waals surface area contributed by atoms with Crippen LogP contribution >= 0.6 is 0 Å². The number of rotatable bonds is 6. The van der Waals surface area contributed by atoms with E-state index < -0.39 is 0 Å². The quantitative estimate of drug-likeness (QED) is 0.636. The van der Waals surface area contributed by atoms with Gasteiger partial charge >= 0.3 is 5.97 Å². The fourth-order valence-corrected chi connectivity index (χ4v) is 3.16. The number of hydrogen-bond acceptors (Lipinski definition) is 5. The number of carbonyl (C=O) groups is 1. The summed E-state index contributed by atoms with van der Waals surface area (Å²) in [7, 11) is 1.65. The molecule has 6 nitrogen and oxygen atoms in total. The maximum Gasteiger partial charge on any atom is 0.310 e. The summed E-state index contributed by atoms with van der Waals surface area (Å²) in [5.41, 5.74) is 6.14.